The lowest BCUT2D eigenvalue weighted by atomic mass is 10.2. The summed E-state index contributed by atoms with van der Waals surface area (Å²) in [5.74, 6) is -6.61. The highest BCUT2D eigenvalue weighted by atomic mass is 32.1. The summed E-state index contributed by atoms with van der Waals surface area (Å²) in [6.45, 7) is -0.756. The van der Waals surface area contributed by atoms with Gasteiger partial charge in [0.15, 0.2) is 18.2 Å². The van der Waals surface area contributed by atoms with Gasteiger partial charge in [-0.25, -0.2) is 27.3 Å². The number of hydrogen-bond donors (Lipinski definition) is 2. The number of ether oxygens (including phenoxy) is 1. The predicted octanol–water partition coefficient (Wildman–Crippen LogP) is 3.50. The quantitative estimate of drug-likeness (QED) is 0.476. The molecule has 0 bridgehead atoms. The summed E-state index contributed by atoms with van der Waals surface area (Å²) in [4.78, 5) is 26.5. The van der Waals surface area contributed by atoms with Crippen molar-refractivity contribution in [2.75, 3.05) is 11.9 Å². The molecule has 0 fully saturated rings. The van der Waals surface area contributed by atoms with Gasteiger partial charge in [-0.1, -0.05) is 0 Å². The minimum absolute atomic E-state index is 0.00262. The molecule has 3 rings (SSSR count). The Hall–Kier alpha value is -3.21. The fourth-order valence-corrected chi connectivity index (χ4v) is 3.26. The number of anilines is 1. The largest absolute Gasteiger partial charge is 0.480 e. The number of fused-ring (bicyclic) bond motifs is 1. The maximum Gasteiger partial charge on any atom is 0.341 e. The van der Waals surface area contributed by atoms with E-state index >= 15 is 0 Å². The highest BCUT2D eigenvalue weighted by Crippen LogP contribution is 2.30. The maximum absolute atomic E-state index is 13.7. The summed E-state index contributed by atoms with van der Waals surface area (Å²) in [5, 5.41) is 11.0. The van der Waals surface area contributed by atoms with E-state index in [-0.39, 0.29) is 21.1 Å². The molecule has 28 heavy (non-hydrogen) atoms. The summed E-state index contributed by atoms with van der Waals surface area (Å²) < 4.78 is 58.7. The lowest BCUT2D eigenvalue weighted by Gasteiger charge is -2.11. The normalized spacial score (nSPS) is 10.9. The predicted molar refractivity (Wildman–Crippen MR) is 91.4 cm³/mol. The molecule has 0 aliphatic rings. The zero-order valence-electron chi connectivity index (χ0n) is 13.8. The van der Waals surface area contributed by atoms with Crippen LogP contribution in [0.1, 0.15) is 5.01 Å². The fourth-order valence-electron chi connectivity index (χ4n) is 2.29. The number of rotatable bonds is 6. The lowest BCUT2D eigenvalue weighted by molar-refractivity contribution is -0.139. The summed E-state index contributed by atoms with van der Waals surface area (Å²) in [6.07, 6.45) is -0.407. The van der Waals surface area contributed by atoms with Crippen LogP contribution in [0.25, 0.3) is 10.2 Å². The molecule has 1 heterocycles. The van der Waals surface area contributed by atoms with Crippen LogP contribution in [0.4, 0.5) is 23.2 Å². The Labute approximate surface area is 158 Å². The van der Waals surface area contributed by atoms with E-state index in [9.17, 15) is 27.2 Å². The molecular formula is C17H10F4N2O4S. The average Bonchev–Trinajstić information content (AvgIpc) is 3.04. The third-order valence-electron chi connectivity index (χ3n) is 3.44. The van der Waals surface area contributed by atoms with Gasteiger partial charge in [0.1, 0.15) is 27.9 Å². The molecule has 11 heteroatoms. The molecule has 0 radical (unpaired) electrons. The van der Waals surface area contributed by atoms with E-state index in [4.69, 9.17) is 9.84 Å². The van der Waals surface area contributed by atoms with Crippen molar-refractivity contribution in [2.45, 2.75) is 6.42 Å². The van der Waals surface area contributed by atoms with Crippen LogP contribution in [0.3, 0.4) is 0 Å². The molecule has 1 amide bonds. The number of carbonyl (C=O) groups is 2. The Morgan fingerprint density at radius 3 is 2.61 bits per heavy atom. The molecular weight excluding hydrogens is 404 g/mol. The molecule has 1 aromatic heterocycles. The van der Waals surface area contributed by atoms with Crippen LogP contribution in [0.5, 0.6) is 5.75 Å². The number of hydrogen-bond acceptors (Lipinski definition) is 5. The third-order valence-corrected chi connectivity index (χ3v) is 4.50. The molecule has 0 spiro atoms. The van der Waals surface area contributed by atoms with Gasteiger partial charge in [-0.3, -0.25) is 4.79 Å². The van der Waals surface area contributed by atoms with Gasteiger partial charge in [0, 0.05) is 12.1 Å². The second kappa shape index (κ2) is 7.80. The number of carboxylic acid groups (broad SMARTS) is 1. The van der Waals surface area contributed by atoms with Crippen LogP contribution in [0, 0.1) is 23.3 Å². The zero-order chi connectivity index (χ0) is 20.4. The molecule has 0 atom stereocenters. The first kappa shape index (κ1) is 19.5. The Bertz CT molecular complexity index is 1090. The molecule has 3 aromatic rings. The Morgan fingerprint density at radius 2 is 1.89 bits per heavy atom. The van der Waals surface area contributed by atoms with Gasteiger partial charge in [0.05, 0.1) is 16.8 Å². The molecule has 0 saturated heterocycles. The van der Waals surface area contributed by atoms with E-state index in [1.165, 1.54) is 0 Å². The van der Waals surface area contributed by atoms with Gasteiger partial charge in [-0.05, 0) is 12.1 Å². The van der Waals surface area contributed by atoms with E-state index in [1.54, 1.807) is 0 Å². The van der Waals surface area contributed by atoms with Crippen LogP contribution in [0.15, 0.2) is 24.3 Å². The smallest absolute Gasteiger partial charge is 0.341 e. The number of carboxylic acids is 1. The van der Waals surface area contributed by atoms with Gasteiger partial charge >= 0.3 is 5.97 Å². The van der Waals surface area contributed by atoms with Crippen molar-refractivity contribution in [2.24, 2.45) is 0 Å². The first-order valence-corrected chi connectivity index (χ1v) is 8.43. The van der Waals surface area contributed by atoms with Crippen LogP contribution < -0.4 is 10.1 Å². The van der Waals surface area contributed by atoms with Crippen LogP contribution in [0.2, 0.25) is 0 Å². The Morgan fingerprint density at radius 1 is 1.14 bits per heavy atom. The maximum atomic E-state index is 13.7. The highest BCUT2D eigenvalue weighted by Gasteiger charge is 2.19. The molecule has 0 saturated carbocycles. The monoisotopic (exact) mass is 414 g/mol. The number of nitrogens with zero attached hydrogens (tertiary/aromatic N) is 1. The van der Waals surface area contributed by atoms with Crippen molar-refractivity contribution >= 4 is 39.1 Å². The van der Waals surface area contributed by atoms with Gasteiger partial charge in [0.25, 0.3) is 0 Å². The summed E-state index contributed by atoms with van der Waals surface area (Å²) in [5.41, 5.74) is -0.519. The van der Waals surface area contributed by atoms with E-state index in [1.807, 2.05) is 0 Å². The van der Waals surface area contributed by atoms with Gasteiger partial charge in [-0.2, -0.15) is 0 Å². The summed E-state index contributed by atoms with van der Waals surface area (Å²) in [6, 6.07) is 3.47. The van der Waals surface area contributed by atoms with E-state index in [2.05, 4.69) is 10.3 Å². The van der Waals surface area contributed by atoms with Crippen molar-refractivity contribution in [1.29, 1.82) is 0 Å². The first-order chi connectivity index (χ1) is 13.2. The second-order valence-electron chi connectivity index (χ2n) is 5.49. The number of amides is 1. The van der Waals surface area contributed by atoms with Crippen molar-refractivity contribution in [3.05, 3.63) is 52.5 Å². The van der Waals surface area contributed by atoms with Gasteiger partial charge in [0.2, 0.25) is 5.91 Å². The Balaban J connectivity index is 1.79. The van der Waals surface area contributed by atoms with Gasteiger partial charge < -0.3 is 15.2 Å². The first-order valence-electron chi connectivity index (χ1n) is 7.61. The number of thiazole rings is 1. The molecule has 6 nitrogen and oxygen atoms in total. The molecule has 0 aliphatic heterocycles. The average molecular weight is 414 g/mol. The fraction of sp³-hybridized carbons (Fsp3) is 0.118. The number of halogens is 4. The topological polar surface area (TPSA) is 88.5 Å². The Kier molecular flexibility index (Phi) is 5.45. The summed E-state index contributed by atoms with van der Waals surface area (Å²) >= 11 is 0.684. The molecule has 0 unspecified atom stereocenters. The number of aromatic nitrogens is 1. The summed E-state index contributed by atoms with van der Waals surface area (Å²) in [7, 11) is 0. The zero-order valence-corrected chi connectivity index (χ0v) is 14.6. The van der Waals surface area contributed by atoms with Crippen molar-refractivity contribution < 1.29 is 37.0 Å². The minimum Gasteiger partial charge on any atom is -0.480 e. The lowest BCUT2D eigenvalue weighted by Crippen LogP contribution is -2.16. The van der Waals surface area contributed by atoms with Crippen molar-refractivity contribution in [3.63, 3.8) is 0 Å². The van der Waals surface area contributed by atoms with Crippen LogP contribution in [-0.2, 0) is 16.0 Å². The standard InChI is InChI=1S/C17H10F4N2O4S/c18-7-1-2-10(11(3-7)27-6-14(25)26)22-12(24)5-13-23-16-15(21)8(19)4-9(20)17(16)28-13/h1-4H,5-6H2,(H,22,24)(H,25,26). The van der Waals surface area contributed by atoms with Gasteiger partial charge in [-0.15, -0.1) is 11.3 Å². The number of carbonyl (C=O) groups excluding carboxylic acids is 1. The van der Waals surface area contributed by atoms with E-state index in [0.717, 1.165) is 18.2 Å². The number of nitrogens with one attached hydrogen (secondary N) is 1. The third kappa shape index (κ3) is 4.19. The number of aliphatic carboxylic acids is 1. The SMILES string of the molecule is O=C(O)COc1cc(F)ccc1NC(=O)Cc1nc2c(F)c(F)cc(F)c2s1. The highest BCUT2D eigenvalue weighted by molar-refractivity contribution is 7.18. The molecule has 2 N–H and O–H groups in total. The molecule has 0 aliphatic carbocycles. The van der Waals surface area contributed by atoms with Crippen LogP contribution >= 0.6 is 11.3 Å². The minimum atomic E-state index is -1.39. The van der Waals surface area contributed by atoms with Crippen molar-refractivity contribution in [1.82, 2.24) is 4.98 Å². The molecule has 146 valence electrons. The molecule has 2 aromatic carbocycles. The van der Waals surface area contributed by atoms with Crippen LogP contribution in [-0.4, -0.2) is 28.6 Å². The van der Waals surface area contributed by atoms with E-state index in [0.29, 0.717) is 17.4 Å². The van der Waals surface area contributed by atoms with Crippen molar-refractivity contribution in [3.8, 4) is 5.75 Å². The second-order valence-corrected chi connectivity index (χ2v) is 6.57. The number of benzene rings is 2. The van der Waals surface area contributed by atoms with E-state index < -0.39 is 53.7 Å².